The van der Waals surface area contributed by atoms with Crippen LogP contribution in [-0.4, -0.2) is 36.1 Å². The van der Waals surface area contributed by atoms with Gasteiger partial charge in [-0.1, -0.05) is 55.8 Å². The number of rotatable bonds is 10. The van der Waals surface area contributed by atoms with Crippen LogP contribution in [-0.2, 0) is 11.2 Å². The Morgan fingerprint density at radius 3 is 2.50 bits per heavy atom. The lowest BCUT2D eigenvalue weighted by molar-refractivity contribution is -0.133. The van der Waals surface area contributed by atoms with E-state index in [0.29, 0.717) is 6.54 Å². The Labute approximate surface area is 169 Å². The Bertz CT molecular complexity index is 743. The maximum absolute atomic E-state index is 13.1. The SMILES string of the molecule is CCCCN(C)C(c1cccc(O)c1)C(C)(C)C(=O)NCCc1ccccc1. The molecular weight excluding hydrogens is 348 g/mol. The maximum atomic E-state index is 13.1. The molecule has 0 fully saturated rings. The summed E-state index contributed by atoms with van der Waals surface area (Å²) in [6, 6.07) is 17.3. The van der Waals surface area contributed by atoms with Crippen LogP contribution in [0.3, 0.4) is 0 Å². The fourth-order valence-corrected chi connectivity index (χ4v) is 3.77. The van der Waals surface area contributed by atoms with Gasteiger partial charge in [0, 0.05) is 12.6 Å². The molecule has 4 heteroatoms. The predicted molar refractivity (Wildman–Crippen MR) is 115 cm³/mol. The number of hydrogen-bond donors (Lipinski definition) is 2. The fourth-order valence-electron chi connectivity index (χ4n) is 3.77. The second-order valence-electron chi connectivity index (χ2n) is 8.04. The van der Waals surface area contributed by atoms with E-state index < -0.39 is 5.41 Å². The van der Waals surface area contributed by atoms with Crippen LogP contribution in [0.4, 0.5) is 0 Å². The Kier molecular flexibility index (Phi) is 8.06. The van der Waals surface area contributed by atoms with Crippen LogP contribution in [0.15, 0.2) is 54.6 Å². The molecule has 0 heterocycles. The summed E-state index contributed by atoms with van der Waals surface area (Å²) in [5, 5.41) is 13.1. The Hall–Kier alpha value is -2.33. The minimum atomic E-state index is -0.646. The molecule has 2 rings (SSSR count). The average Bonchev–Trinajstić information content (AvgIpc) is 2.67. The molecule has 0 bridgehead atoms. The van der Waals surface area contributed by atoms with Crippen LogP contribution in [0.5, 0.6) is 5.75 Å². The highest BCUT2D eigenvalue weighted by Gasteiger charge is 2.40. The summed E-state index contributed by atoms with van der Waals surface area (Å²) in [5.41, 5.74) is 1.53. The van der Waals surface area contributed by atoms with Gasteiger partial charge in [0.15, 0.2) is 0 Å². The first-order valence-corrected chi connectivity index (χ1v) is 10.2. The van der Waals surface area contributed by atoms with Crippen molar-refractivity contribution in [2.24, 2.45) is 5.41 Å². The number of aromatic hydroxyl groups is 1. The third-order valence-electron chi connectivity index (χ3n) is 5.30. The molecule has 0 spiro atoms. The monoisotopic (exact) mass is 382 g/mol. The van der Waals surface area contributed by atoms with Gasteiger partial charge in [-0.2, -0.15) is 0 Å². The molecule has 2 aromatic rings. The third-order valence-corrected chi connectivity index (χ3v) is 5.30. The van der Waals surface area contributed by atoms with Crippen LogP contribution in [0.25, 0.3) is 0 Å². The number of nitrogens with zero attached hydrogens (tertiary/aromatic N) is 1. The lowest BCUT2D eigenvalue weighted by Gasteiger charge is -2.40. The third kappa shape index (κ3) is 5.83. The number of phenolic OH excluding ortho intramolecular Hbond substituents is 1. The summed E-state index contributed by atoms with van der Waals surface area (Å²) in [6.07, 6.45) is 2.98. The molecule has 4 nitrogen and oxygen atoms in total. The van der Waals surface area contributed by atoms with E-state index in [0.717, 1.165) is 31.4 Å². The summed E-state index contributed by atoms with van der Waals surface area (Å²) < 4.78 is 0. The van der Waals surface area contributed by atoms with Crippen LogP contribution in [0, 0.1) is 5.41 Å². The van der Waals surface area contributed by atoms with Crippen LogP contribution < -0.4 is 5.32 Å². The number of carbonyl (C=O) groups excluding carboxylic acids is 1. The molecule has 0 radical (unpaired) electrons. The molecule has 0 saturated heterocycles. The topological polar surface area (TPSA) is 52.6 Å². The van der Waals surface area contributed by atoms with Gasteiger partial charge in [-0.3, -0.25) is 9.69 Å². The number of carbonyl (C=O) groups is 1. The van der Waals surface area contributed by atoms with Crippen LogP contribution in [0.2, 0.25) is 0 Å². The largest absolute Gasteiger partial charge is 0.508 e. The van der Waals surface area contributed by atoms with Crippen molar-refractivity contribution in [1.29, 1.82) is 0 Å². The van der Waals surface area contributed by atoms with E-state index in [1.54, 1.807) is 12.1 Å². The van der Waals surface area contributed by atoms with Gasteiger partial charge < -0.3 is 10.4 Å². The lowest BCUT2D eigenvalue weighted by atomic mass is 9.78. The molecule has 0 aromatic heterocycles. The van der Waals surface area contributed by atoms with Gasteiger partial charge in [-0.05, 0) is 63.5 Å². The number of phenols is 1. The standard InChI is InChI=1S/C24H34N2O2/c1-5-6-17-26(4)22(20-13-10-14-21(27)18-20)24(2,3)23(28)25-16-15-19-11-8-7-9-12-19/h7-14,18,22,27H,5-6,15-17H2,1-4H3,(H,25,28). The zero-order chi connectivity index (χ0) is 20.6. The van der Waals surface area contributed by atoms with Crippen molar-refractivity contribution in [3.05, 3.63) is 65.7 Å². The summed E-state index contributed by atoms with van der Waals surface area (Å²) in [6.45, 7) is 7.65. The van der Waals surface area contributed by atoms with Gasteiger partial charge in [0.2, 0.25) is 5.91 Å². The molecule has 2 N–H and O–H groups in total. The summed E-state index contributed by atoms with van der Waals surface area (Å²) >= 11 is 0. The first kappa shape index (κ1) is 22.0. The second kappa shape index (κ2) is 10.3. The lowest BCUT2D eigenvalue weighted by Crippen LogP contribution is -2.47. The highest BCUT2D eigenvalue weighted by molar-refractivity contribution is 5.83. The van der Waals surface area contributed by atoms with Gasteiger partial charge in [-0.25, -0.2) is 0 Å². The van der Waals surface area contributed by atoms with E-state index in [9.17, 15) is 9.90 Å². The first-order valence-electron chi connectivity index (χ1n) is 10.2. The number of hydrogen-bond acceptors (Lipinski definition) is 3. The normalized spacial score (nSPS) is 12.8. The zero-order valence-electron chi connectivity index (χ0n) is 17.6. The summed E-state index contributed by atoms with van der Waals surface area (Å²) in [4.78, 5) is 15.4. The summed E-state index contributed by atoms with van der Waals surface area (Å²) in [5.74, 6) is 0.256. The number of nitrogens with one attached hydrogen (secondary N) is 1. The second-order valence-corrected chi connectivity index (χ2v) is 8.04. The molecule has 0 aliphatic heterocycles. The van der Waals surface area contributed by atoms with Gasteiger partial charge in [0.1, 0.15) is 5.75 Å². The number of unbranched alkanes of at least 4 members (excludes halogenated alkanes) is 1. The molecule has 2 aromatic carbocycles. The van der Waals surface area contributed by atoms with E-state index in [1.807, 2.05) is 44.2 Å². The molecule has 152 valence electrons. The van der Waals surface area contributed by atoms with Gasteiger partial charge in [0.25, 0.3) is 0 Å². The first-order chi connectivity index (χ1) is 13.4. The minimum Gasteiger partial charge on any atom is -0.508 e. The Morgan fingerprint density at radius 2 is 1.86 bits per heavy atom. The number of amides is 1. The molecular formula is C24H34N2O2. The molecule has 0 saturated carbocycles. The quantitative estimate of drug-likeness (QED) is 0.634. The van der Waals surface area contributed by atoms with E-state index in [-0.39, 0.29) is 17.7 Å². The molecule has 0 aliphatic rings. The minimum absolute atomic E-state index is 0.0279. The number of benzene rings is 2. The molecule has 0 aliphatic carbocycles. The van der Waals surface area contributed by atoms with Gasteiger partial charge in [0.05, 0.1) is 5.41 Å². The highest BCUT2D eigenvalue weighted by Crippen LogP contribution is 2.39. The van der Waals surface area contributed by atoms with E-state index >= 15 is 0 Å². The van der Waals surface area contributed by atoms with Crippen molar-refractivity contribution in [3.8, 4) is 5.75 Å². The van der Waals surface area contributed by atoms with Crippen molar-refractivity contribution in [2.75, 3.05) is 20.1 Å². The molecule has 1 unspecified atom stereocenters. The van der Waals surface area contributed by atoms with Crippen molar-refractivity contribution in [2.45, 2.75) is 46.1 Å². The van der Waals surface area contributed by atoms with E-state index in [1.165, 1.54) is 5.56 Å². The van der Waals surface area contributed by atoms with Crippen molar-refractivity contribution < 1.29 is 9.90 Å². The Morgan fingerprint density at radius 1 is 1.14 bits per heavy atom. The summed E-state index contributed by atoms with van der Waals surface area (Å²) in [7, 11) is 2.06. The predicted octanol–water partition coefficient (Wildman–Crippen LogP) is 4.55. The van der Waals surface area contributed by atoms with Crippen molar-refractivity contribution >= 4 is 5.91 Å². The molecule has 1 amide bonds. The van der Waals surface area contributed by atoms with E-state index in [2.05, 4.69) is 36.3 Å². The van der Waals surface area contributed by atoms with Crippen molar-refractivity contribution in [1.82, 2.24) is 10.2 Å². The fraction of sp³-hybridized carbons (Fsp3) is 0.458. The average molecular weight is 383 g/mol. The molecule has 28 heavy (non-hydrogen) atoms. The van der Waals surface area contributed by atoms with Crippen molar-refractivity contribution in [3.63, 3.8) is 0 Å². The van der Waals surface area contributed by atoms with E-state index in [4.69, 9.17) is 0 Å². The highest BCUT2D eigenvalue weighted by atomic mass is 16.3. The molecule has 1 atom stereocenters. The zero-order valence-corrected chi connectivity index (χ0v) is 17.6. The van der Waals surface area contributed by atoms with Crippen LogP contribution >= 0.6 is 0 Å². The van der Waals surface area contributed by atoms with Gasteiger partial charge >= 0.3 is 0 Å². The van der Waals surface area contributed by atoms with Gasteiger partial charge in [-0.15, -0.1) is 0 Å². The smallest absolute Gasteiger partial charge is 0.227 e. The van der Waals surface area contributed by atoms with Crippen LogP contribution in [0.1, 0.15) is 50.8 Å². The Balaban J connectivity index is 2.15. The maximum Gasteiger partial charge on any atom is 0.227 e.